The molecule has 0 fully saturated rings. The van der Waals surface area contributed by atoms with Crippen LogP contribution in [-0.2, 0) is 4.79 Å². The van der Waals surface area contributed by atoms with Crippen molar-refractivity contribution in [1.82, 2.24) is 24.6 Å². The van der Waals surface area contributed by atoms with Crippen molar-refractivity contribution in [2.75, 3.05) is 18.9 Å². The van der Waals surface area contributed by atoms with Gasteiger partial charge in [0, 0.05) is 17.0 Å². The van der Waals surface area contributed by atoms with Gasteiger partial charge in [0.05, 0.1) is 17.9 Å². The normalized spacial score (nSPS) is 12.2. The van der Waals surface area contributed by atoms with Gasteiger partial charge in [-0.15, -0.1) is 11.3 Å². The van der Waals surface area contributed by atoms with E-state index in [-0.39, 0.29) is 18.5 Å². The molecular formula is C25H28N6OS. The van der Waals surface area contributed by atoms with Crippen molar-refractivity contribution in [2.24, 2.45) is 0 Å². The third-order valence-electron chi connectivity index (χ3n) is 5.98. The van der Waals surface area contributed by atoms with E-state index >= 15 is 0 Å². The molecule has 2 aromatic heterocycles. The molecule has 33 heavy (non-hydrogen) atoms. The number of rotatable bonds is 7. The SMILES string of the molecule is Cc1cc(C)c(-c2csc(NC(=O)CN(C)C(C)c3ccc(-n4cncn4)cc3)n2)cc1C. The van der Waals surface area contributed by atoms with Gasteiger partial charge in [-0.2, -0.15) is 5.10 Å². The van der Waals surface area contributed by atoms with E-state index in [2.05, 4.69) is 72.3 Å². The van der Waals surface area contributed by atoms with Crippen LogP contribution in [-0.4, -0.2) is 44.1 Å². The van der Waals surface area contributed by atoms with Gasteiger partial charge < -0.3 is 5.32 Å². The second-order valence-electron chi connectivity index (χ2n) is 8.36. The highest BCUT2D eigenvalue weighted by Crippen LogP contribution is 2.29. The largest absolute Gasteiger partial charge is 0.301 e. The summed E-state index contributed by atoms with van der Waals surface area (Å²) >= 11 is 1.45. The van der Waals surface area contributed by atoms with Crippen molar-refractivity contribution in [2.45, 2.75) is 33.7 Å². The van der Waals surface area contributed by atoms with Gasteiger partial charge in [-0.05, 0) is 75.2 Å². The van der Waals surface area contributed by atoms with Gasteiger partial charge in [-0.25, -0.2) is 14.6 Å². The third-order valence-corrected chi connectivity index (χ3v) is 6.74. The van der Waals surface area contributed by atoms with Crippen LogP contribution in [0.5, 0.6) is 0 Å². The standard InChI is InChI=1S/C25H28N6OS/c1-16-10-18(3)22(11-17(16)2)23-13-33-25(28-23)29-24(32)12-30(5)19(4)20-6-8-21(9-7-20)31-15-26-14-27-31/h6-11,13-15,19H,12H2,1-5H3,(H,28,29,32). The van der Waals surface area contributed by atoms with E-state index in [4.69, 9.17) is 0 Å². The first-order valence-corrected chi connectivity index (χ1v) is 11.7. The van der Waals surface area contributed by atoms with Crippen molar-refractivity contribution in [3.8, 4) is 16.9 Å². The van der Waals surface area contributed by atoms with E-state index < -0.39 is 0 Å². The molecule has 0 radical (unpaired) electrons. The lowest BCUT2D eigenvalue weighted by molar-refractivity contribution is -0.117. The van der Waals surface area contributed by atoms with E-state index in [1.165, 1.54) is 34.4 Å². The second kappa shape index (κ2) is 9.64. The summed E-state index contributed by atoms with van der Waals surface area (Å²) in [7, 11) is 1.95. The molecule has 2 aromatic carbocycles. The zero-order chi connectivity index (χ0) is 23.5. The zero-order valence-corrected chi connectivity index (χ0v) is 20.3. The minimum Gasteiger partial charge on any atom is -0.301 e. The third kappa shape index (κ3) is 5.18. The number of anilines is 1. The summed E-state index contributed by atoms with van der Waals surface area (Å²) in [6.45, 7) is 8.66. The Hall–Kier alpha value is -3.36. The Balaban J connectivity index is 1.37. The number of benzene rings is 2. The van der Waals surface area contributed by atoms with E-state index in [9.17, 15) is 4.79 Å². The molecule has 7 nitrogen and oxygen atoms in total. The molecule has 4 aromatic rings. The number of nitrogens with one attached hydrogen (secondary N) is 1. The van der Waals surface area contributed by atoms with E-state index in [1.54, 1.807) is 11.0 Å². The van der Waals surface area contributed by atoms with Gasteiger partial charge >= 0.3 is 0 Å². The summed E-state index contributed by atoms with van der Waals surface area (Å²) in [6.07, 6.45) is 3.18. The van der Waals surface area contributed by atoms with Crippen molar-refractivity contribution in [3.05, 3.63) is 76.7 Å². The predicted molar refractivity (Wildman–Crippen MR) is 133 cm³/mol. The first kappa shape index (κ1) is 22.8. The second-order valence-corrected chi connectivity index (χ2v) is 9.22. The summed E-state index contributed by atoms with van der Waals surface area (Å²) in [5.41, 5.74) is 7.76. The maximum Gasteiger partial charge on any atom is 0.240 e. The fourth-order valence-electron chi connectivity index (χ4n) is 3.72. The molecule has 0 aliphatic rings. The summed E-state index contributed by atoms with van der Waals surface area (Å²) in [5.74, 6) is -0.0821. The van der Waals surface area contributed by atoms with Crippen LogP contribution in [0.4, 0.5) is 5.13 Å². The Kier molecular flexibility index (Phi) is 6.67. The Labute approximate surface area is 198 Å². The molecule has 0 saturated heterocycles. The molecule has 0 saturated carbocycles. The molecule has 0 aliphatic heterocycles. The van der Waals surface area contributed by atoms with Crippen LogP contribution in [0.15, 0.2) is 54.4 Å². The lowest BCUT2D eigenvalue weighted by Crippen LogP contribution is -2.32. The highest BCUT2D eigenvalue weighted by atomic mass is 32.1. The molecule has 4 rings (SSSR count). The minimum atomic E-state index is -0.0821. The molecule has 0 bridgehead atoms. The molecule has 2 heterocycles. The smallest absolute Gasteiger partial charge is 0.240 e. The highest BCUT2D eigenvalue weighted by molar-refractivity contribution is 7.14. The van der Waals surface area contributed by atoms with Crippen LogP contribution in [0.3, 0.4) is 0 Å². The zero-order valence-electron chi connectivity index (χ0n) is 19.5. The van der Waals surface area contributed by atoms with Crippen molar-refractivity contribution in [1.29, 1.82) is 0 Å². The lowest BCUT2D eigenvalue weighted by Gasteiger charge is -2.24. The molecule has 8 heteroatoms. The van der Waals surface area contributed by atoms with E-state index in [1.807, 2.05) is 29.5 Å². The van der Waals surface area contributed by atoms with Crippen LogP contribution >= 0.6 is 11.3 Å². The quantitative estimate of drug-likeness (QED) is 0.422. The van der Waals surface area contributed by atoms with Gasteiger partial charge in [0.1, 0.15) is 12.7 Å². The molecule has 1 unspecified atom stereocenters. The van der Waals surface area contributed by atoms with Crippen LogP contribution in [0.2, 0.25) is 0 Å². The number of amides is 1. The van der Waals surface area contributed by atoms with Crippen LogP contribution in [0.25, 0.3) is 16.9 Å². The molecule has 1 N–H and O–H groups in total. The number of carbonyl (C=O) groups excluding carboxylic acids is 1. The molecule has 1 atom stereocenters. The van der Waals surface area contributed by atoms with Crippen molar-refractivity contribution < 1.29 is 4.79 Å². The monoisotopic (exact) mass is 460 g/mol. The number of aryl methyl sites for hydroxylation is 3. The topological polar surface area (TPSA) is 75.9 Å². The molecule has 170 valence electrons. The number of hydrogen-bond donors (Lipinski definition) is 1. The van der Waals surface area contributed by atoms with Gasteiger partial charge in [0.2, 0.25) is 5.91 Å². The van der Waals surface area contributed by atoms with E-state index in [0.29, 0.717) is 5.13 Å². The minimum absolute atomic E-state index is 0.0746. The Morgan fingerprint density at radius 3 is 2.55 bits per heavy atom. The number of nitrogens with zero attached hydrogens (tertiary/aromatic N) is 5. The molecule has 1 amide bonds. The maximum absolute atomic E-state index is 12.7. The number of likely N-dealkylation sites (N-methyl/N-ethyl adjacent to an activating group) is 1. The van der Waals surface area contributed by atoms with Gasteiger partial charge in [0.25, 0.3) is 0 Å². The fourth-order valence-corrected chi connectivity index (χ4v) is 4.44. The predicted octanol–water partition coefficient (Wildman–Crippen LogP) is 4.95. The summed E-state index contributed by atoms with van der Waals surface area (Å²) < 4.78 is 1.72. The average molecular weight is 461 g/mol. The van der Waals surface area contributed by atoms with Crippen LogP contribution < -0.4 is 5.32 Å². The van der Waals surface area contributed by atoms with Gasteiger partial charge in [-0.3, -0.25) is 9.69 Å². The highest BCUT2D eigenvalue weighted by Gasteiger charge is 2.17. The van der Waals surface area contributed by atoms with Gasteiger partial charge in [-0.1, -0.05) is 18.2 Å². The number of thiazole rings is 1. The summed E-state index contributed by atoms with van der Waals surface area (Å²) in [5, 5.41) is 9.71. The number of carbonyl (C=O) groups is 1. The van der Waals surface area contributed by atoms with Gasteiger partial charge in [0.15, 0.2) is 5.13 Å². The molecule has 0 aliphatic carbocycles. The first-order chi connectivity index (χ1) is 15.8. The maximum atomic E-state index is 12.7. The van der Waals surface area contributed by atoms with Crippen LogP contribution in [0.1, 0.15) is 35.2 Å². The van der Waals surface area contributed by atoms with Crippen molar-refractivity contribution in [3.63, 3.8) is 0 Å². The lowest BCUT2D eigenvalue weighted by atomic mass is 9.99. The fraction of sp³-hybridized carbons (Fsp3) is 0.280. The molecule has 0 spiro atoms. The van der Waals surface area contributed by atoms with Crippen molar-refractivity contribution >= 4 is 22.4 Å². The molecular weight excluding hydrogens is 432 g/mol. The summed E-state index contributed by atoms with van der Waals surface area (Å²) in [4.78, 5) is 23.3. The number of aromatic nitrogens is 4. The summed E-state index contributed by atoms with van der Waals surface area (Å²) in [6, 6.07) is 12.5. The Bertz CT molecular complexity index is 1250. The average Bonchev–Trinajstić information content (AvgIpc) is 3.48. The van der Waals surface area contributed by atoms with E-state index in [0.717, 1.165) is 22.5 Å². The van der Waals surface area contributed by atoms with Crippen LogP contribution in [0, 0.1) is 20.8 Å². The first-order valence-electron chi connectivity index (χ1n) is 10.8. The number of hydrogen-bond acceptors (Lipinski definition) is 6. The Morgan fingerprint density at radius 2 is 1.85 bits per heavy atom. The Morgan fingerprint density at radius 1 is 1.12 bits per heavy atom.